The number of imidazole rings is 1. The average Bonchev–Trinajstić information content (AvgIpc) is 3.36. The first kappa shape index (κ1) is 19.8. The van der Waals surface area contributed by atoms with Gasteiger partial charge in [-0.05, 0) is 49.4 Å². The van der Waals surface area contributed by atoms with Crippen LogP contribution in [0.3, 0.4) is 0 Å². The number of rotatable bonds is 4. The first-order valence-electron chi connectivity index (χ1n) is 11.2. The monoisotopic (exact) mass is 416 g/mol. The molecule has 0 radical (unpaired) electrons. The van der Waals surface area contributed by atoms with Gasteiger partial charge in [0.25, 0.3) is 5.91 Å². The lowest BCUT2D eigenvalue weighted by Gasteiger charge is -2.33. The minimum atomic E-state index is -0.421. The topological polar surface area (TPSA) is 67.2 Å². The molecule has 3 atom stereocenters. The molecule has 160 valence electrons. The molecule has 3 aromatic rings. The number of likely N-dealkylation sites (tertiary alicyclic amines) is 1. The van der Waals surface area contributed by atoms with E-state index < -0.39 is 6.04 Å². The van der Waals surface area contributed by atoms with Crippen LogP contribution < -0.4 is 5.32 Å². The Hall–Kier alpha value is -3.15. The number of nitrogens with one attached hydrogen (secondary N) is 1. The van der Waals surface area contributed by atoms with Crippen LogP contribution in [0.15, 0.2) is 54.6 Å². The van der Waals surface area contributed by atoms with Crippen LogP contribution in [0.5, 0.6) is 0 Å². The summed E-state index contributed by atoms with van der Waals surface area (Å²) < 4.78 is 2.01. The van der Waals surface area contributed by atoms with Crippen LogP contribution in [0.1, 0.15) is 48.3 Å². The number of aromatic nitrogens is 2. The smallest absolute Gasteiger partial charge is 0.254 e. The molecule has 0 spiro atoms. The zero-order valence-electron chi connectivity index (χ0n) is 17.8. The van der Waals surface area contributed by atoms with Crippen molar-refractivity contribution in [3.63, 3.8) is 0 Å². The quantitative estimate of drug-likeness (QED) is 0.706. The molecule has 0 bridgehead atoms. The minimum absolute atomic E-state index is 0.0297. The lowest BCUT2D eigenvalue weighted by Crippen LogP contribution is -2.49. The van der Waals surface area contributed by atoms with E-state index in [0.29, 0.717) is 18.0 Å². The van der Waals surface area contributed by atoms with E-state index in [1.165, 1.54) is 6.42 Å². The Kier molecular flexibility index (Phi) is 5.22. The van der Waals surface area contributed by atoms with Gasteiger partial charge in [-0.2, -0.15) is 0 Å². The van der Waals surface area contributed by atoms with Crippen molar-refractivity contribution in [3.05, 3.63) is 66.0 Å². The Morgan fingerprint density at radius 3 is 2.58 bits per heavy atom. The zero-order valence-corrected chi connectivity index (χ0v) is 17.8. The van der Waals surface area contributed by atoms with Crippen molar-refractivity contribution in [2.24, 2.45) is 13.0 Å². The minimum Gasteiger partial charge on any atom is -0.347 e. The van der Waals surface area contributed by atoms with Crippen LogP contribution in [0, 0.1) is 5.92 Å². The van der Waals surface area contributed by atoms with Gasteiger partial charge in [-0.3, -0.25) is 9.59 Å². The van der Waals surface area contributed by atoms with Crippen LogP contribution in [0.2, 0.25) is 0 Å². The summed E-state index contributed by atoms with van der Waals surface area (Å²) in [5.74, 6) is 1.11. The second-order valence-corrected chi connectivity index (χ2v) is 8.74. The van der Waals surface area contributed by atoms with Crippen LogP contribution in [-0.4, -0.2) is 38.3 Å². The molecule has 5 rings (SSSR count). The highest BCUT2D eigenvalue weighted by atomic mass is 16.2. The fourth-order valence-corrected chi connectivity index (χ4v) is 5.35. The van der Waals surface area contributed by atoms with Crippen molar-refractivity contribution in [2.75, 3.05) is 0 Å². The number of fused-ring (bicyclic) bond motifs is 2. The normalized spacial score (nSPS) is 23.0. The molecule has 2 fully saturated rings. The number of hydrogen-bond donors (Lipinski definition) is 1. The predicted molar refractivity (Wildman–Crippen MR) is 119 cm³/mol. The molecule has 1 aromatic heterocycles. The number of carbonyl (C=O) groups is 2. The summed E-state index contributed by atoms with van der Waals surface area (Å²) in [5, 5.41) is 3.07. The molecule has 2 aromatic carbocycles. The van der Waals surface area contributed by atoms with Crippen molar-refractivity contribution in [1.82, 2.24) is 19.8 Å². The fourth-order valence-electron chi connectivity index (χ4n) is 5.35. The Bertz CT molecular complexity index is 1110. The van der Waals surface area contributed by atoms with E-state index in [0.717, 1.165) is 42.5 Å². The zero-order chi connectivity index (χ0) is 21.4. The van der Waals surface area contributed by atoms with E-state index in [1.54, 1.807) is 0 Å². The predicted octanol–water partition coefficient (Wildman–Crippen LogP) is 3.66. The second-order valence-electron chi connectivity index (χ2n) is 8.74. The summed E-state index contributed by atoms with van der Waals surface area (Å²) in [7, 11) is 1.96. The van der Waals surface area contributed by atoms with Crippen LogP contribution >= 0.6 is 0 Å². The number of amides is 2. The van der Waals surface area contributed by atoms with E-state index >= 15 is 0 Å². The average molecular weight is 417 g/mol. The Balaban J connectivity index is 1.36. The van der Waals surface area contributed by atoms with Gasteiger partial charge in [0.15, 0.2) is 0 Å². The molecule has 2 heterocycles. The van der Waals surface area contributed by atoms with Gasteiger partial charge < -0.3 is 14.8 Å². The molecule has 1 aliphatic heterocycles. The fraction of sp³-hybridized carbons (Fsp3) is 0.400. The van der Waals surface area contributed by atoms with E-state index in [4.69, 9.17) is 0 Å². The largest absolute Gasteiger partial charge is 0.347 e. The molecule has 1 saturated carbocycles. The van der Waals surface area contributed by atoms with Gasteiger partial charge in [0.2, 0.25) is 5.91 Å². The molecule has 6 heteroatoms. The van der Waals surface area contributed by atoms with Crippen molar-refractivity contribution in [3.8, 4) is 0 Å². The highest BCUT2D eigenvalue weighted by molar-refractivity contribution is 5.98. The number of nitrogens with zero attached hydrogens (tertiary/aromatic N) is 3. The van der Waals surface area contributed by atoms with E-state index in [2.05, 4.69) is 10.3 Å². The highest BCUT2D eigenvalue weighted by Crippen LogP contribution is 2.40. The molecule has 1 N–H and O–H groups in total. The summed E-state index contributed by atoms with van der Waals surface area (Å²) in [4.78, 5) is 33.2. The second kappa shape index (κ2) is 8.17. The molecule has 2 aliphatic rings. The Labute approximate surface area is 182 Å². The summed E-state index contributed by atoms with van der Waals surface area (Å²) >= 11 is 0. The first-order chi connectivity index (χ1) is 15.1. The summed E-state index contributed by atoms with van der Waals surface area (Å²) in [6.45, 7) is 0.350. The van der Waals surface area contributed by atoms with E-state index in [9.17, 15) is 9.59 Å². The van der Waals surface area contributed by atoms with Gasteiger partial charge >= 0.3 is 0 Å². The number of hydrogen-bond acceptors (Lipinski definition) is 3. The molecular weight excluding hydrogens is 388 g/mol. The highest BCUT2D eigenvalue weighted by Gasteiger charge is 2.47. The Morgan fingerprint density at radius 2 is 1.77 bits per heavy atom. The standard InChI is InChI=1S/C25H28N4O2/c1-28-21-14-8-6-12-19(21)27-23(28)16-26-24(30)22-15-18-11-5-7-13-20(18)29(22)25(31)17-9-3-2-4-10-17/h2-4,6,8-10,12,14,18,20,22H,5,7,11,13,15-16H2,1H3,(H,26,30). The van der Waals surface area contributed by atoms with Crippen molar-refractivity contribution in [2.45, 2.75) is 50.7 Å². The molecule has 1 aliphatic carbocycles. The maximum Gasteiger partial charge on any atom is 0.254 e. The summed E-state index contributed by atoms with van der Waals surface area (Å²) in [5.41, 5.74) is 2.61. The molecular formula is C25H28N4O2. The number of para-hydroxylation sites is 2. The molecule has 6 nitrogen and oxygen atoms in total. The van der Waals surface area contributed by atoms with Crippen LogP contribution in [0.4, 0.5) is 0 Å². The number of carbonyl (C=O) groups excluding carboxylic acids is 2. The summed E-state index contributed by atoms with van der Waals surface area (Å²) in [6.07, 6.45) is 5.13. The first-order valence-corrected chi connectivity index (χ1v) is 11.2. The molecule has 1 saturated heterocycles. The van der Waals surface area contributed by atoms with Crippen molar-refractivity contribution in [1.29, 1.82) is 0 Å². The lowest BCUT2D eigenvalue weighted by molar-refractivity contribution is -0.125. The summed E-state index contributed by atoms with van der Waals surface area (Å²) in [6, 6.07) is 17.0. The van der Waals surface area contributed by atoms with Crippen molar-refractivity contribution >= 4 is 22.8 Å². The van der Waals surface area contributed by atoms with E-state index in [-0.39, 0.29) is 17.9 Å². The third-order valence-corrected chi connectivity index (χ3v) is 6.95. The van der Waals surface area contributed by atoms with Gasteiger partial charge in [0.05, 0.1) is 17.6 Å². The van der Waals surface area contributed by atoms with Gasteiger partial charge in [-0.25, -0.2) is 4.98 Å². The van der Waals surface area contributed by atoms with Crippen LogP contribution in [-0.2, 0) is 18.4 Å². The number of aryl methyl sites for hydroxylation is 1. The molecule has 2 amide bonds. The van der Waals surface area contributed by atoms with Gasteiger partial charge in [0.1, 0.15) is 11.9 Å². The SMILES string of the molecule is Cn1c(CNC(=O)C2CC3CCCCC3N2C(=O)c2ccccc2)nc2ccccc21. The maximum atomic E-state index is 13.4. The molecule has 31 heavy (non-hydrogen) atoms. The van der Waals surface area contributed by atoms with E-state index in [1.807, 2.05) is 71.1 Å². The third kappa shape index (κ3) is 3.60. The molecule has 3 unspecified atom stereocenters. The third-order valence-electron chi connectivity index (χ3n) is 6.95. The maximum absolute atomic E-state index is 13.4. The van der Waals surface area contributed by atoms with Gasteiger partial charge in [-0.1, -0.05) is 43.2 Å². The van der Waals surface area contributed by atoms with Gasteiger partial charge in [0, 0.05) is 18.7 Å². The Morgan fingerprint density at radius 1 is 1.03 bits per heavy atom. The van der Waals surface area contributed by atoms with Crippen LogP contribution in [0.25, 0.3) is 11.0 Å². The number of benzene rings is 2. The van der Waals surface area contributed by atoms with Crippen molar-refractivity contribution < 1.29 is 9.59 Å². The van der Waals surface area contributed by atoms with Gasteiger partial charge in [-0.15, -0.1) is 0 Å². The lowest BCUT2D eigenvalue weighted by atomic mass is 9.84.